The number of piperidine rings is 1. The predicted octanol–water partition coefficient (Wildman–Crippen LogP) is 1.66. The topological polar surface area (TPSA) is 32.7 Å². The van der Waals surface area contributed by atoms with Gasteiger partial charge in [-0.2, -0.15) is 13.2 Å². The molecular weight excluding hydrogens is 247 g/mol. The number of β-amino-alcohol motifs (C(OH)–C–C–N with tert-alkyl or cyclic N) is 1. The highest BCUT2D eigenvalue weighted by atomic mass is 19.4. The number of alkyl halides is 3. The third-order valence-electron chi connectivity index (χ3n) is 4.00. The first-order chi connectivity index (χ1) is 8.47. The summed E-state index contributed by atoms with van der Waals surface area (Å²) in [6, 6.07) is 0. The predicted molar refractivity (Wildman–Crippen MR) is 60.2 cm³/mol. The van der Waals surface area contributed by atoms with Crippen LogP contribution in [-0.2, 0) is 4.74 Å². The molecule has 18 heavy (non-hydrogen) atoms. The van der Waals surface area contributed by atoms with E-state index in [0.717, 1.165) is 6.42 Å². The standard InChI is InChI=1S/C12H20F3NO2/c13-12(14,15)10-1-4-16(5-2-10)7-11(17)9-3-6-18-8-9/h9-11,17H,1-8H2. The summed E-state index contributed by atoms with van der Waals surface area (Å²) >= 11 is 0. The molecule has 2 aliphatic heterocycles. The fraction of sp³-hybridized carbons (Fsp3) is 1.00. The molecule has 0 spiro atoms. The van der Waals surface area contributed by atoms with E-state index in [1.807, 2.05) is 4.90 Å². The van der Waals surface area contributed by atoms with Crippen LogP contribution in [0.15, 0.2) is 0 Å². The third-order valence-corrected chi connectivity index (χ3v) is 4.00. The van der Waals surface area contributed by atoms with Gasteiger partial charge >= 0.3 is 6.18 Å². The SMILES string of the molecule is OC(CN1CCC(C(F)(F)F)CC1)C1CCOC1. The Morgan fingerprint density at radius 2 is 1.89 bits per heavy atom. The average Bonchev–Trinajstić information content (AvgIpc) is 2.82. The molecule has 2 unspecified atom stereocenters. The van der Waals surface area contributed by atoms with E-state index in [1.54, 1.807) is 0 Å². The summed E-state index contributed by atoms with van der Waals surface area (Å²) in [6.45, 7) is 2.57. The summed E-state index contributed by atoms with van der Waals surface area (Å²) in [5.74, 6) is -1.02. The molecular formula is C12H20F3NO2. The van der Waals surface area contributed by atoms with Crippen LogP contribution in [-0.4, -0.2) is 55.1 Å². The Morgan fingerprint density at radius 1 is 1.22 bits per heavy atom. The number of nitrogens with zero attached hydrogens (tertiary/aromatic N) is 1. The Balaban J connectivity index is 1.73. The van der Waals surface area contributed by atoms with E-state index in [2.05, 4.69) is 0 Å². The summed E-state index contributed by atoms with van der Waals surface area (Å²) in [5.41, 5.74) is 0. The summed E-state index contributed by atoms with van der Waals surface area (Å²) in [5, 5.41) is 9.98. The minimum atomic E-state index is -4.07. The number of hydrogen-bond acceptors (Lipinski definition) is 3. The quantitative estimate of drug-likeness (QED) is 0.844. The van der Waals surface area contributed by atoms with Crippen LogP contribution in [0.4, 0.5) is 13.2 Å². The van der Waals surface area contributed by atoms with Crippen molar-refractivity contribution in [2.75, 3.05) is 32.8 Å². The molecule has 3 nitrogen and oxygen atoms in total. The molecule has 2 fully saturated rings. The first kappa shape index (κ1) is 14.1. The minimum absolute atomic E-state index is 0.144. The molecule has 6 heteroatoms. The first-order valence-corrected chi connectivity index (χ1v) is 6.51. The van der Waals surface area contributed by atoms with Crippen molar-refractivity contribution >= 4 is 0 Å². The third kappa shape index (κ3) is 3.59. The molecule has 2 aliphatic rings. The number of aliphatic hydroxyl groups is 1. The maximum Gasteiger partial charge on any atom is 0.391 e. The molecule has 2 atom stereocenters. The van der Waals surface area contributed by atoms with Gasteiger partial charge in [0.15, 0.2) is 0 Å². The number of ether oxygens (including phenoxy) is 1. The fourth-order valence-corrected chi connectivity index (χ4v) is 2.71. The second-order valence-corrected chi connectivity index (χ2v) is 5.31. The van der Waals surface area contributed by atoms with E-state index < -0.39 is 18.2 Å². The van der Waals surface area contributed by atoms with E-state index in [9.17, 15) is 18.3 Å². The zero-order chi connectivity index (χ0) is 13.2. The second kappa shape index (κ2) is 5.75. The molecule has 0 saturated carbocycles. The van der Waals surface area contributed by atoms with Crippen LogP contribution in [0.5, 0.6) is 0 Å². The molecule has 2 rings (SSSR count). The van der Waals surface area contributed by atoms with Gasteiger partial charge in [0.25, 0.3) is 0 Å². The van der Waals surface area contributed by atoms with Crippen LogP contribution in [0.25, 0.3) is 0 Å². The highest BCUT2D eigenvalue weighted by Crippen LogP contribution is 2.34. The average molecular weight is 267 g/mol. The monoisotopic (exact) mass is 267 g/mol. The lowest BCUT2D eigenvalue weighted by Crippen LogP contribution is -2.43. The van der Waals surface area contributed by atoms with Crippen LogP contribution in [0.3, 0.4) is 0 Å². The summed E-state index contributed by atoms with van der Waals surface area (Å²) in [4.78, 5) is 1.94. The Morgan fingerprint density at radius 3 is 2.39 bits per heavy atom. The largest absolute Gasteiger partial charge is 0.391 e. The normalized spacial score (nSPS) is 29.7. The summed E-state index contributed by atoms with van der Waals surface area (Å²) in [6.07, 6.45) is -3.39. The van der Waals surface area contributed by atoms with Crippen LogP contribution in [0, 0.1) is 11.8 Å². The van der Waals surface area contributed by atoms with Gasteiger partial charge in [0, 0.05) is 19.1 Å². The highest BCUT2D eigenvalue weighted by Gasteiger charge is 2.41. The van der Waals surface area contributed by atoms with Crippen LogP contribution in [0.1, 0.15) is 19.3 Å². The van der Waals surface area contributed by atoms with Crippen molar-refractivity contribution < 1.29 is 23.0 Å². The van der Waals surface area contributed by atoms with Gasteiger partial charge in [-0.25, -0.2) is 0 Å². The Kier molecular flexibility index (Phi) is 4.50. The number of halogens is 3. The maximum absolute atomic E-state index is 12.5. The Hall–Kier alpha value is -0.330. The number of aliphatic hydroxyl groups excluding tert-OH is 1. The van der Waals surface area contributed by atoms with E-state index in [4.69, 9.17) is 4.74 Å². The van der Waals surface area contributed by atoms with Gasteiger partial charge in [-0.15, -0.1) is 0 Å². The Bertz CT molecular complexity index is 259. The smallest absolute Gasteiger partial charge is 0.391 e. The van der Waals surface area contributed by atoms with Crippen LogP contribution in [0.2, 0.25) is 0 Å². The molecule has 0 radical (unpaired) electrons. The van der Waals surface area contributed by atoms with Gasteiger partial charge in [-0.3, -0.25) is 0 Å². The van der Waals surface area contributed by atoms with Crippen molar-refractivity contribution in [3.8, 4) is 0 Å². The second-order valence-electron chi connectivity index (χ2n) is 5.31. The minimum Gasteiger partial charge on any atom is -0.391 e. The first-order valence-electron chi connectivity index (χ1n) is 6.51. The van der Waals surface area contributed by atoms with Crippen molar-refractivity contribution in [2.24, 2.45) is 11.8 Å². The lowest BCUT2D eigenvalue weighted by molar-refractivity contribution is -0.185. The molecule has 0 aromatic carbocycles. The van der Waals surface area contributed by atoms with E-state index in [0.29, 0.717) is 32.8 Å². The lowest BCUT2D eigenvalue weighted by Gasteiger charge is -2.34. The van der Waals surface area contributed by atoms with Gasteiger partial charge < -0.3 is 14.7 Å². The number of hydrogen-bond donors (Lipinski definition) is 1. The molecule has 0 aromatic rings. The maximum atomic E-state index is 12.5. The van der Waals surface area contributed by atoms with E-state index >= 15 is 0 Å². The number of rotatable bonds is 3. The van der Waals surface area contributed by atoms with Gasteiger partial charge in [-0.1, -0.05) is 0 Å². The van der Waals surface area contributed by atoms with Gasteiger partial charge in [0.05, 0.1) is 18.6 Å². The van der Waals surface area contributed by atoms with Crippen LogP contribution >= 0.6 is 0 Å². The Labute approximate surface area is 105 Å². The van der Waals surface area contributed by atoms with Crippen molar-refractivity contribution in [3.63, 3.8) is 0 Å². The number of likely N-dealkylation sites (tertiary alicyclic amines) is 1. The molecule has 106 valence electrons. The molecule has 0 amide bonds. The molecule has 0 bridgehead atoms. The molecule has 2 saturated heterocycles. The summed E-state index contributed by atoms with van der Waals surface area (Å²) < 4.78 is 42.7. The molecule has 0 aromatic heterocycles. The van der Waals surface area contributed by atoms with Gasteiger partial charge in [0.1, 0.15) is 0 Å². The van der Waals surface area contributed by atoms with Crippen molar-refractivity contribution in [1.29, 1.82) is 0 Å². The van der Waals surface area contributed by atoms with Crippen LogP contribution < -0.4 is 0 Å². The van der Waals surface area contributed by atoms with E-state index in [-0.39, 0.29) is 18.8 Å². The van der Waals surface area contributed by atoms with Crippen molar-refractivity contribution in [2.45, 2.75) is 31.5 Å². The summed E-state index contributed by atoms with van der Waals surface area (Å²) in [7, 11) is 0. The van der Waals surface area contributed by atoms with Gasteiger partial charge in [-0.05, 0) is 32.4 Å². The van der Waals surface area contributed by atoms with Crippen molar-refractivity contribution in [3.05, 3.63) is 0 Å². The highest BCUT2D eigenvalue weighted by molar-refractivity contribution is 4.81. The molecule has 2 heterocycles. The zero-order valence-corrected chi connectivity index (χ0v) is 10.3. The molecule has 0 aliphatic carbocycles. The fourth-order valence-electron chi connectivity index (χ4n) is 2.71. The van der Waals surface area contributed by atoms with Crippen molar-refractivity contribution in [1.82, 2.24) is 4.90 Å². The zero-order valence-electron chi connectivity index (χ0n) is 10.3. The lowest BCUT2D eigenvalue weighted by atomic mass is 9.95. The van der Waals surface area contributed by atoms with E-state index in [1.165, 1.54) is 0 Å². The van der Waals surface area contributed by atoms with Gasteiger partial charge in [0.2, 0.25) is 0 Å². The molecule has 1 N–H and O–H groups in total.